The predicted octanol–water partition coefficient (Wildman–Crippen LogP) is -1.76. The highest BCUT2D eigenvalue weighted by Gasteiger charge is 2.57. The molecule has 0 bridgehead atoms. The van der Waals surface area contributed by atoms with Gasteiger partial charge in [0.2, 0.25) is 0 Å². The van der Waals surface area contributed by atoms with Gasteiger partial charge in [-0.05, 0) is 20.8 Å². The van der Waals surface area contributed by atoms with Crippen molar-refractivity contribution in [2.45, 2.75) is 50.9 Å². The SMILES string of the molecule is CC#C[C@@]1(O)C(O)[C@@H]([C@@H](C)O)O[C@H]1n1c(C)cc(=O)[nH]c1=O. The Morgan fingerprint density at radius 1 is 1.50 bits per heavy atom. The fraction of sp³-hybridized carbons (Fsp3) is 0.571. The molecule has 1 aromatic rings. The summed E-state index contributed by atoms with van der Waals surface area (Å²) in [6, 6.07) is 1.16. The van der Waals surface area contributed by atoms with Crippen LogP contribution >= 0.6 is 0 Å². The number of nitrogens with zero attached hydrogens (tertiary/aromatic N) is 1. The molecule has 0 amide bonds. The summed E-state index contributed by atoms with van der Waals surface area (Å²) in [5.41, 5.74) is -3.25. The maximum atomic E-state index is 12.0. The fourth-order valence-electron chi connectivity index (χ4n) is 2.61. The van der Waals surface area contributed by atoms with Crippen molar-refractivity contribution < 1.29 is 20.1 Å². The van der Waals surface area contributed by atoms with Crippen molar-refractivity contribution in [2.75, 3.05) is 0 Å². The van der Waals surface area contributed by atoms with E-state index in [1.165, 1.54) is 20.8 Å². The molecule has 0 aromatic carbocycles. The second-order valence-corrected chi connectivity index (χ2v) is 5.29. The second-order valence-electron chi connectivity index (χ2n) is 5.29. The summed E-state index contributed by atoms with van der Waals surface area (Å²) in [6.07, 6.45) is -5.11. The average molecular weight is 310 g/mol. The average Bonchev–Trinajstić information content (AvgIpc) is 2.63. The van der Waals surface area contributed by atoms with Gasteiger partial charge in [-0.3, -0.25) is 14.3 Å². The van der Waals surface area contributed by atoms with Crippen molar-refractivity contribution in [3.8, 4) is 11.8 Å². The van der Waals surface area contributed by atoms with Crippen molar-refractivity contribution in [3.05, 3.63) is 32.6 Å². The largest absolute Gasteiger partial charge is 0.391 e. The molecule has 8 heteroatoms. The summed E-state index contributed by atoms with van der Waals surface area (Å²) in [6.45, 7) is 4.33. The summed E-state index contributed by atoms with van der Waals surface area (Å²) >= 11 is 0. The zero-order chi connectivity index (χ0) is 16.7. The molecule has 4 N–H and O–H groups in total. The van der Waals surface area contributed by atoms with Gasteiger partial charge in [0.15, 0.2) is 11.8 Å². The number of nitrogens with one attached hydrogen (secondary N) is 1. The van der Waals surface area contributed by atoms with Crippen LogP contribution in [0.15, 0.2) is 15.7 Å². The van der Waals surface area contributed by atoms with Crippen LogP contribution in [-0.2, 0) is 4.74 Å². The monoisotopic (exact) mass is 310 g/mol. The normalized spacial score (nSPS) is 32.4. The van der Waals surface area contributed by atoms with Gasteiger partial charge < -0.3 is 20.1 Å². The quantitative estimate of drug-likeness (QED) is 0.480. The Morgan fingerprint density at radius 3 is 2.64 bits per heavy atom. The third-order valence-corrected chi connectivity index (χ3v) is 3.63. The second kappa shape index (κ2) is 5.70. The molecule has 2 heterocycles. The van der Waals surface area contributed by atoms with Crippen LogP contribution in [0.25, 0.3) is 0 Å². The molecule has 120 valence electrons. The Morgan fingerprint density at radius 2 is 2.14 bits per heavy atom. The molecule has 0 aliphatic carbocycles. The number of rotatable bonds is 2. The number of H-pyrrole nitrogens is 1. The molecule has 1 aliphatic heterocycles. The molecule has 8 nitrogen and oxygen atoms in total. The first-order valence-electron chi connectivity index (χ1n) is 6.72. The number of aliphatic hydroxyl groups excluding tert-OH is 2. The number of aromatic nitrogens is 2. The number of hydrogen-bond donors (Lipinski definition) is 4. The standard InChI is InChI=1S/C14H18N2O6/c1-4-5-14(21)11(19)10(8(3)17)22-12(14)16-7(2)6-9(18)15-13(16)20/h6,8,10-12,17,19,21H,1-3H3,(H,15,18,20)/t8-,10-,11?,12-,14-/m1/s1. The lowest BCUT2D eigenvalue weighted by molar-refractivity contribution is -0.0892. The van der Waals surface area contributed by atoms with Gasteiger partial charge in [-0.15, -0.1) is 5.92 Å². The van der Waals surface area contributed by atoms with Gasteiger partial charge in [0.1, 0.15) is 12.2 Å². The molecule has 1 fully saturated rings. The number of aromatic amines is 1. The highest BCUT2D eigenvalue weighted by Crippen LogP contribution is 2.39. The number of ether oxygens (including phenoxy) is 1. The molecule has 0 saturated carbocycles. The molecule has 5 atom stereocenters. The summed E-state index contributed by atoms with van der Waals surface area (Å²) in [7, 11) is 0. The van der Waals surface area contributed by atoms with Crippen LogP contribution in [0.2, 0.25) is 0 Å². The third-order valence-electron chi connectivity index (χ3n) is 3.63. The molecule has 0 spiro atoms. The molecule has 1 aliphatic rings. The lowest BCUT2D eigenvalue weighted by Crippen LogP contribution is -2.49. The molecule has 0 radical (unpaired) electrons. The molecule has 1 saturated heterocycles. The Bertz CT molecular complexity index is 740. The van der Waals surface area contributed by atoms with Crippen LogP contribution in [-0.4, -0.2) is 48.8 Å². The van der Waals surface area contributed by atoms with Crippen LogP contribution in [0.5, 0.6) is 0 Å². The lowest BCUT2D eigenvalue weighted by Gasteiger charge is -2.27. The summed E-state index contributed by atoms with van der Waals surface area (Å²) in [4.78, 5) is 25.4. The van der Waals surface area contributed by atoms with Gasteiger partial charge in [0.25, 0.3) is 5.56 Å². The van der Waals surface area contributed by atoms with Gasteiger partial charge in [0.05, 0.1) is 6.10 Å². The number of hydrogen-bond acceptors (Lipinski definition) is 6. The zero-order valence-electron chi connectivity index (χ0n) is 12.4. The molecule has 1 aromatic heterocycles. The minimum atomic E-state index is -2.09. The molecule has 2 rings (SSSR count). The van der Waals surface area contributed by atoms with E-state index in [0.29, 0.717) is 0 Å². The van der Waals surface area contributed by atoms with E-state index in [2.05, 4.69) is 16.8 Å². The first kappa shape index (κ1) is 16.5. The molecular formula is C14H18N2O6. The highest BCUT2D eigenvalue weighted by molar-refractivity contribution is 5.23. The minimum absolute atomic E-state index is 0.230. The Hall–Kier alpha value is -1.92. The number of aryl methyl sites for hydroxylation is 1. The van der Waals surface area contributed by atoms with E-state index >= 15 is 0 Å². The van der Waals surface area contributed by atoms with Crippen molar-refractivity contribution >= 4 is 0 Å². The van der Waals surface area contributed by atoms with Crippen LogP contribution in [0.4, 0.5) is 0 Å². The Labute approximate surface area is 126 Å². The van der Waals surface area contributed by atoms with E-state index in [-0.39, 0.29) is 5.69 Å². The predicted molar refractivity (Wildman–Crippen MR) is 76.1 cm³/mol. The van der Waals surface area contributed by atoms with Crippen LogP contribution in [0.3, 0.4) is 0 Å². The maximum Gasteiger partial charge on any atom is 0.330 e. The van der Waals surface area contributed by atoms with E-state index in [1.54, 1.807) is 0 Å². The van der Waals surface area contributed by atoms with Crippen molar-refractivity contribution in [2.24, 2.45) is 0 Å². The number of aliphatic hydroxyl groups is 3. The maximum absolute atomic E-state index is 12.0. The zero-order valence-corrected chi connectivity index (χ0v) is 12.4. The van der Waals surface area contributed by atoms with Gasteiger partial charge >= 0.3 is 5.69 Å². The summed E-state index contributed by atoms with van der Waals surface area (Å²) in [5, 5.41) is 30.6. The minimum Gasteiger partial charge on any atom is -0.391 e. The van der Waals surface area contributed by atoms with Gasteiger partial charge in [-0.1, -0.05) is 5.92 Å². The third kappa shape index (κ3) is 2.48. The fourth-order valence-corrected chi connectivity index (χ4v) is 2.61. The van der Waals surface area contributed by atoms with Crippen LogP contribution in [0, 0.1) is 18.8 Å². The van der Waals surface area contributed by atoms with Crippen molar-refractivity contribution in [3.63, 3.8) is 0 Å². The van der Waals surface area contributed by atoms with E-state index in [0.717, 1.165) is 10.6 Å². The van der Waals surface area contributed by atoms with Gasteiger partial charge in [0, 0.05) is 11.8 Å². The molecule has 22 heavy (non-hydrogen) atoms. The first-order valence-corrected chi connectivity index (χ1v) is 6.72. The smallest absolute Gasteiger partial charge is 0.330 e. The van der Waals surface area contributed by atoms with Gasteiger partial charge in [-0.25, -0.2) is 4.79 Å². The van der Waals surface area contributed by atoms with Crippen LogP contribution < -0.4 is 11.2 Å². The van der Waals surface area contributed by atoms with E-state index in [1.807, 2.05) is 0 Å². The van der Waals surface area contributed by atoms with E-state index < -0.39 is 41.4 Å². The Balaban J connectivity index is 2.64. The summed E-state index contributed by atoms with van der Waals surface area (Å²) < 4.78 is 6.48. The molecule has 1 unspecified atom stereocenters. The lowest BCUT2D eigenvalue weighted by atomic mass is 9.92. The summed E-state index contributed by atoms with van der Waals surface area (Å²) in [5.74, 6) is 4.92. The van der Waals surface area contributed by atoms with Gasteiger partial charge in [-0.2, -0.15) is 0 Å². The first-order chi connectivity index (χ1) is 10.2. The molecular weight excluding hydrogens is 292 g/mol. The van der Waals surface area contributed by atoms with E-state index in [4.69, 9.17) is 4.74 Å². The Kier molecular flexibility index (Phi) is 4.26. The van der Waals surface area contributed by atoms with Crippen LogP contribution in [0.1, 0.15) is 25.8 Å². The van der Waals surface area contributed by atoms with Crippen molar-refractivity contribution in [1.29, 1.82) is 0 Å². The topological polar surface area (TPSA) is 125 Å². The highest BCUT2D eigenvalue weighted by atomic mass is 16.6. The van der Waals surface area contributed by atoms with E-state index in [9.17, 15) is 24.9 Å². The van der Waals surface area contributed by atoms with Crippen molar-refractivity contribution in [1.82, 2.24) is 9.55 Å².